The molecule has 0 spiro atoms. The van der Waals surface area contributed by atoms with E-state index in [1.54, 1.807) is 24.4 Å². The highest BCUT2D eigenvalue weighted by Gasteiger charge is 2.39. The zero-order valence-electron chi connectivity index (χ0n) is 18.2. The van der Waals surface area contributed by atoms with E-state index in [0.717, 1.165) is 5.69 Å². The van der Waals surface area contributed by atoms with Gasteiger partial charge in [0.1, 0.15) is 17.3 Å². The first-order valence-corrected chi connectivity index (χ1v) is 10.7. The van der Waals surface area contributed by atoms with Crippen molar-refractivity contribution in [3.63, 3.8) is 0 Å². The molecular formula is C22H15F3N8O3. The maximum atomic E-state index is 13.5. The fraction of sp³-hybridized carbons (Fsp3) is 0.182. The number of hydrogen-bond acceptors (Lipinski definition) is 8. The van der Waals surface area contributed by atoms with Crippen LogP contribution in [0.1, 0.15) is 33.8 Å². The van der Waals surface area contributed by atoms with E-state index in [2.05, 4.69) is 35.0 Å². The van der Waals surface area contributed by atoms with Crippen molar-refractivity contribution < 1.29 is 27.1 Å². The number of rotatable bonds is 4. The van der Waals surface area contributed by atoms with E-state index in [1.807, 2.05) is 0 Å². The van der Waals surface area contributed by atoms with Crippen LogP contribution in [0, 0.1) is 0 Å². The van der Waals surface area contributed by atoms with Crippen LogP contribution >= 0.6 is 0 Å². The smallest absolute Gasteiger partial charge is 0.411 e. The van der Waals surface area contributed by atoms with Gasteiger partial charge in [-0.25, -0.2) is 9.50 Å². The summed E-state index contributed by atoms with van der Waals surface area (Å²) < 4.78 is 49.8. The predicted molar refractivity (Wildman–Crippen MR) is 115 cm³/mol. The highest BCUT2D eigenvalue weighted by atomic mass is 19.4. The summed E-state index contributed by atoms with van der Waals surface area (Å²) in [6.07, 6.45) is 0.124. The molecule has 6 rings (SSSR count). The summed E-state index contributed by atoms with van der Waals surface area (Å²) in [6, 6.07) is 8.32. The number of imidazole rings is 1. The third kappa shape index (κ3) is 3.81. The number of halogens is 3. The zero-order valence-corrected chi connectivity index (χ0v) is 18.2. The molecule has 0 aromatic carbocycles. The number of aromatic amines is 1. The van der Waals surface area contributed by atoms with E-state index < -0.39 is 24.1 Å². The molecule has 0 bridgehead atoms. The molecule has 1 amide bonds. The molecule has 0 saturated carbocycles. The average Bonchev–Trinajstić information content (AvgIpc) is 3.62. The van der Waals surface area contributed by atoms with Crippen LogP contribution in [0.3, 0.4) is 0 Å². The zero-order chi connectivity index (χ0) is 24.9. The third-order valence-electron chi connectivity index (χ3n) is 5.67. The van der Waals surface area contributed by atoms with Crippen LogP contribution in [0.5, 0.6) is 5.75 Å². The molecule has 1 aliphatic rings. The topological polar surface area (TPSA) is 127 Å². The molecule has 0 unspecified atom stereocenters. The minimum absolute atomic E-state index is 0.0784. The van der Waals surface area contributed by atoms with Crippen molar-refractivity contribution in [2.45, 2.75) is 18.8 Å². The summed E-state index contributed by atoms with van der Waals surface area (Å²) in [7, 11) is 0. The summed E-state index contributed by atoms with van der Waals surface area (Å²) >= 11 is 0. The third-order valence-corrected chi connectivity index (χ3v) is 5.67. The number of carbonyl (C=O) groups is 1. The van der Waals surface area contributed by atoms with Gasteiger partial charge in [0.2, 0.25) is 0 Å². The number of amides is 1. The molecule has 0 fully saturated rings. The lowest BCUT2D eigenvalue weighted by Gasteiger charge is -2.32. The monoisotopic (exact) mass is 496 g/mol. The molecule has 36 heavy (non-hydrogen) atoms. The number of hydrogen-bond donors (Lipinski definition) is 1. The molecule has 11 nitrogen and oxygen atoms in total. The average molecular weight is 496 g/mol. The maximum absolute atomic E-state index is 13.5. The Balaban J connectivity index is 1.40. The van der Waals surface area contributed by atoms with Crippen molar-refractivity contribution >= 4 is 11.4 Å². The van der Waals surface area contributed by atoms with Gasteiger partial charge in [0, 0.05) is 31.1 Å². The highest BCUT2D eigenvalue weighted by Crippen LogP contribution is 2.36. The van der Waals surface area contributed by atoms with Crippen LogP contribution in [0.2, 0.25) is 0 Å². The number of alkyl halides is 3. The molecule has 0 radical (unpaired) electrons. The quantitative estimate of drug-likeness (QED) is 0.402. The molecule has 0 saturated heterocycles. The molecule has 5 aromatic heterocycles. The first kappa shape index (κ1) is 21.8. The summed E-state index contributed by atoms with van der Waals surface area (Å²) in [6.45, 7) is 0.250. The largest absolute Gasteiger partial charge is 0.573 e. The lowest BCUT2D eigenvalue weighted by molar-refractivity contribution is -0.274. The second kappa shape index (κ2) is 8.18. The number of carbonyl (C=O) groups excluding carboxylic acids is 1. The van der Waals surface area contributed by atoms with Crippen molar-refractivity contribution in [3.05, 3.63) is 78.1 Å². The SMILES string of the molecule is O=C(c1nnc(-c2ccccn2)o1)N1CCc2[nH]cnc2[C@H]1c1cc2c(OC(F)(F)F)cccn2n1. The first-order valence-electron chi connectivity index (χ1n) is 10.7. The van der Waals surface area contributed by atoms with Gasteiger partial charge < -0.3 is 19.0 Å². The van der Waals surface area contributed by atoms with Crippen molar-refractivity contribution in [3.8, 4) is 17.3 Å². The van der Waals surface area contributed by atoms with Crippen LogP contribution in [0.4, 0.5) is 13.2 Å². The number of fused-ring (bicyclic) bond motifs is 2. The highest BCUT2D eigenvalue weighted by molar-refractivity contribution is 5.90. The Bertz CT molecular complexity index is 1560. The number of ether oxygens (including phenoxy) is 1. The van der Waals surface area contributed by atoms with E-state index in [9.17, 15) is 18.0 Å². The summed E-state index contributed by atoms with van der Waals surface area (Å²) in [5.74, 6) is -1.18. The lowest BCUT2D eigenvalue weighted by Crippen LogP contribution is -2.41. The van der Waals surface area contributed by atoms with Gasteiger partial charge in [0.25, 0.3) is 5.89 Å². The molecule has 6 heterocycles. The Morgan fingerprint density at radius 2 is 2.06 bits per heavy atom. The number of nitrogens with one attached hydrogen (secondary N) is 1. The summed E-state index contributed by atoms with van der Waals surface area (Å²) in [5, 5.41) is 12.2. The minimum Gasteiger partial charge on any atom is -0.411 e. The Hall–Kier alpha value is -4.75. The minimum atomic E-state index is -4.88. The Kier molecular flexibility index (Phi) is 4.94. The first-order chi connectivity index (χ1) is 17.4. The Morgan fingerprint density at radius 3 is 2.86 bits per heavy atom. The standard InChI is InChI=1S/C22H15F3N8O3/c23-22(24,25)36-16-5-3-8-33-15(16)10-14(31-33)18-17-12(27-11-28-17)6-9-32(18)21(34)20-30-29-19(35-20)13-4-1-2-7-26-13/h1-5,7-8,10-11,18H,6,9H2,(H,27,28)/t18-/m1/s1. The summed E-state index contributed by atoms with van der Waals surface area (Å²) in [4.78, 5) is 26.5. The van der Waals surface area contributed by atoms with Crippen LogP contribution in [-0.4, -0.2) is 58.5 Å². The van der Waals surface area contributed by atoms with Crippen LogP contribution in [0.15, 0.2) is 59.5 Å². The maximum Gasteiger partial charge on any atom is 0.573 e. The van der Waals surface area contributed by atoms with Crippen LogP contribution < -0.4 is 4.74 Å². The predicted octanol–water partition coefficient (Wildman–Crippen LogP) is 3.19. The molecular weight excluding hydrogens is 481 g/mol. The van der Waals surface area contributed by atoms with E-state index in [4.69, 9.17) is 4.42 Å². The molecule has 182 valence electrons. The van der Waals surface area contributed by atoms with Crippen molar-refractivity contribution in [1.29, 1.82) is 0 Å². The number of H-pyrrole nitrogens is 1. The van der Waals surface area contributed by atoms with Gasteiger partial charge in [-0.3, -0.25) is 9.78 Å². The van der Waals surface area contributed by atoms with Gasteiger partial charge in [-0.05, 0) is 30.3 Å². The molecule has 0 aliphatic carbocycles. The van der Waals surface area contributed by atoms with Crippen molar-refractivity contribution in [2.75, 3.05) is 6.54 Å². The molecule has 14 heteroatoms. The number of pyridine rings is 2. The van der Waals surface area contributed by atoms with Gasteiger partial charge in [0.05, 0.1) is 17.7 Å². The summed E-state index contributed by atoms with van der Waals surface area (Å²) in [5.41, 5.74) is 2.08. The van der Waals surface area contributed by atoms with Crippen molar-refractivity contribution in [2.24, 2.45) is 0 Å². The van der Waals surface area contributed by atoms with Crippen molar-refractivity contribution in [1.82, 2.24) is 39.7 Å². The Labute approximate surface area is 199 Å². The van der Waals surface area contributed by atoms with E-state index in [0.29, 0.717) is 23.5 Å². The molecule has 5 aromatic rings. The lowest BCUT2D eigenvalue weighted by atomic mass is 9.99. The van der Waals surface area contributed by atoms with E-state index in [1.165, 1.54) is 40.1 Å². The number of nitrogens with zero attached hydrogens (tertiary/aromatic N) is 7. The van der Waals surface area contributed by atoms with Crippen LogP contribution in [0.25, 0.3) is 17.1 Å². The normalized spacial score (nSPS) is 15.8. The molecule has 1 atom stereocenters. The number of aromatic nitrogens is 7. The fourth-order valence-corrected chi connectivity index (χ4v) is 4.17. The van der Waals surface area contributed by atoms with Gasteiger partial charge in [0.15, 0.2) is 5.75 Å². The molecule has 1 N–H and O–H groups in total. The molecule has 1 aliphatic heterocycles. The van der Waals surface area contributed by atoms with Gasteiger partial charge in [-0.15, -0.1) is 23.4 Å². The second-order valence-corrected chi connectivity index (χ2v) is 7.86. The Morgan fingerprint density at radius 1 is 1.17 bits per heavy atom. The second-order valence-electron chi connectivity index (χ2n) is 7.86. The fourth-order valence-electron chi connectivity index (χ4n) is 4.17. The van der Waals surface area contributed by atoms with Crippen LogP contribution in [-0.2, 0) is 6.42 Å². The van der Waals surface area contributed by atoms with Gasteiger partial charge in [-0.2, -0.15) is 5.10 Å². The van der Waals surface area contributed by atoms with E-state index >= 15 is 0 Å². The van der Waals surface area contributed by atoms with E-state index in [-0.39, 0.29) is 23.8 Å². The van der Waals surface area contributed by atoms with Gasteiger partial charge >= 0.3 is 18.2 Å². The van der Waals surface area contributed by atoms with Gasteiger partial charge in [-0.1, -0.05) is 6.07 Å².